The van der Waals surface area contributed by atoms with Crippen LogP contribution < -0.4 is 0 Å². The first-order chi connectivity index (χ1) is 8.15. The highest BCUT2D eigenvalue weighted by molar-refractivity contribution is 6.31. The van der Waals surface area contributed by atoms with E-state index in [1.165, 1.54) is 0 Å². The summed E-state index contributed by atoms with van der Waals surface area (Å²) in [7, 11) is 0. The average Bonchev–Trinajstić information content (AvgIpc) is 2.29. The van der Waals surface area contributed by atoms with Crippen LogP contribution in [-0.4, -0.2) is 19.0 Å². The summed E-state index contributed by atoms with van der Waals surface area (Å²) in [5, 5.41) is 0.639. The molecule has 1 aliphatic rings. The van der Waals surface area contributed by atoms with Gasteiger partial charge in [-0.2, -0.15) is 0 Å². The number of aryl methyl sites for hydroxylation is 1. The van der Waals surface area contributed by atoms with Crippen molar-refractivity contribution in [1.82, 2.24) is 0 Å². The van der Waals surface area contributed by atoms with Crippen molar-refractivity contribution >= 4 is 17.4 Å². The van der Waals surface area contributed by atoms with Crippen LogP contribution in [0.1, 0.15) is 35.2 Å². The van der Waals surface area contributed by atoms with E-state index in [-0.39, 0.29) is 5.78 Å². The van der Waals surface area contributed by atoms with E-state index in [4.69, 9.17) is 16.3 Å². The lowest BCUT2D eigenvalue weighted by molar-refractivity contribution is 0.0601. The molecule has 0 bridgehead atoms. The van der Waals surface area contributed by atoms with Gasteiger partial charge < -0.3 is 4.74 Å². The SMILES string of the molecule is Cc1cc(Cl)cc(C(=O)CC2CCOCC2)c1. The number of Topliss-reactive ketones (excluding diaryl/α,β-unsaturated/α-hetero) is 1. The second-order valence-electron chi connectivity index (χ2n) is 4.70. The van der Waals surface area contributed by atoms with Crippen molar-refractivity contribution in [2.75, 3.05) is 13.2 Å². The molecule has 17 heavy (non-hydrogen) atoms. The van der Waals surface area contributed by atoms with Crippen molar-refractivity contribution in [3.05, 3.63) is 34.3 Å². The lowest BCUT2D eigenvalue weighted by Gasteiger charge is -2.21. The Hall–Kier alpha value is -0.860. The minimum absolute atomic E-state index is 0.197. The van der Waals surface area contributed by atoms with E-state index in [0.29, 0.717) is 17.4 Å². The Morgan fingerprint density at radius 3 is 2.71 bits per heavy atom. The molecule has 1 aromatic rings. The quantitative estimate of drug-likeness (QED) is 0.768. The van der Waals surface area contributed by atoms with Crippen molar-refractivity contribution < 1.29 is 9.53 Å². The number of rotatable bonds is 3. The Kier molecular flexibility index (Phi) is 4.19. The topological polar surface area (TPSA) is 26.3 Å². The number of ether oxygens (including phenoxy) is 1. The molecule has 0 atom stereocenters. The molecule has 1 saturated heterocycles. The second kappa shape index (κ2) is 5.65. The average molecular weight is 253 g/mol. The largest absolute Gasteiger partial charge is 0.381 e. The van der Waals surface area contributed by atoms with Gasteiger partial charge in [-0.1, -0.05) is 11.6 Å². The molecule has 0 amide bonds. The van der Waals surface area contributed by atoms with E-state index in [1.54, 1.807) is 6.07 Å². The summed E-state index contributed by atoms with van der Waals surface area (Å²) >= 11 is 5.96. The van der Waals surface area contributed by atoms with Crippen LogP contribution in [0.15, 0.2) is 18.2 Å². The maximum atomic E-state index is 12.1. The normalized spacial score (nSPS) is 17.1. The van der Waals surface area contributed by atoms with Gasteiger partial charge in [-0.3, -0.25) is 4.79 Å². The third kappa shape index (κ3) is 3.55. The molecule has 1 aliphatic heterocycles. The highest BCUT2D eigenvalue weighted by Crippen LogP contribution is 2.22. The van der Waals surface area contributed by atoms with Crippen LogP contribution in [0.5, 0.6) is 0 Å². The monoisotopic (exact) mass is 252 g/mol. The van der Waals surface area contributed by atoms with Crippen molar-refractivity contribution in [1.29, 1.82) is 0 Å². The van der Waals surface area contributed by atoms with E-state index in [0.717, 1.165) is 37.2 Å². The highest BCUT2D eigenvalue weighted by Gasteiger charge is 2.18. The van der Waals surface area contributed by atoms with E-state index in [1.807, 2.05) is 19.1 Å². The first-order valence-corrected chi connectivity index (χ1v) is 6.41. The van der Waals surface area contributed by atoms with Crippen LogP contribution in [0, 0.1) is 12.8 Å². The lowest BCUT2D eigenvalue weighted by atomic mass is 9.91. The Morgan fingerprint density at radius 2 is 2.06 bits per heavy atom. The molecule has 1 heterocycles. The van der Waals surface area contributed by atoms with Crippen LogP contribution in [0.25, 0.3) is 0 Å². The van der Waals surface area contributed by atoms with Gasteiger partial charge in [0.25, 0.3) is 0 Å². The molecule has 0 aliphatic carbocycles. The number of ketones is 1. The predicted molar refractivity (Wildman–Crippen MR) is 68.7 cm³/mol. The Balaban J connectivity index is 2.03. The molecule has 3 heteroatoms. The van der Waals surface area contributed by atoms with Crippen LogP contribution >= 0.6 is 11.6 Å². The standard InChI is InChI=1S/C14H17ClO2/c1-10-6-12(9-13(15)7-10)14(16)8-11-2-4-17-5-3-11/h6-7,9,11H,2-5,8H2,1H3. The smallest absolute Gasteiger partial charge is 0.163 e. The fourth-order valence-electron chi connectivity index (χ4n) is 2.23. The second-order valence-corrected chi connectivity index (χ2v) is 5.14. The number of carbonyl (C=O) groups is 1. The van der Waals surface area contributed by atoms with Gasteiger partial charge in [-0.15, -0.1) is 0 Å². The Morgan fingerprint density at radius 1 is 1.35 bits per heavy atom. The van der Waals surface area contributed by atoms with Crippen LogP contribution in [0.4, 0.5) is 0 Å². The third-order valence-corrected chi connectivity index (χ3v) is 3.40. The molecule has 2 rings (SSSR count). The van der Waals surface area contributed by atoms with Gasteiger partial charge in [0.15, 0.2) is 5.78 Å². The van der Waals surface area contributed by atoms with Crippen molar-refractivity contribution in [2.45, 2.75) is 26.2 Å². The molecular formula is C14H17ClO2. The molecule has 0 radical (unpaired) electrons. The zero-order chi connectivity index (χ0) is 12.3. The molecule has 1 aromatic carbocycles. The lowest BCUT2D eigenvalue weighted by Crippen LogP contribution is -2.18. The van der Waals surface area contributed by atoms with Crippen molar-refractivity contribution in [3.8, 4) is 0 Å². The maximum Gasteiger partial charge on any atom is 0.163 e. The van der Waals surface area contributed by atoms with E-state index >= 15 is 0 Å². The summed E-state index contributed by atoms with van der Waals surface area (Å²) in [5.74, 6) is 0.665. The predicted octanol–water partition coefficient (Wildman–Crippen LogP) is 3.65. The van der Waals surface area contributed by atoms with Gasteiger partial charge in [0.1, 0.15) is 0 Å². The van der Waals surface area contributed by atoms with Crippen LogP contribution in [0.3, 0.4) is 0 Å². The minimum Gasteiger partial charge on any atom is -0.381 e. The molecule has 1 fully saturated rings. The number of benzene rings is 1. The fourth-order valence-corrected chi connectivity index (χ4v) is 2.52. The third-order valence-electron chi connectivity index (χ3n) is 3.18. The molecule has 0 N–H and O–H groups in total. The van der Waals surface area contributed by atoms with E-state index < -0.39 is 0 Å². The summed E-state index contributed by atoms with van der Waals surface area (Å²) in [5.41, 5.74) is 1.77. The maximum absolute atomic E-state index is 12.1. The minimum atomic E-state index is 0.197. The van der Waals surface area contributed by atoms with Gasteiger partial charge in [0, 0.05) is 30.2 Å². The molecule has 0 saturated carbocycles. The van der Waals surface area contributed by atoms with Gasteiger partial charge in [0.2, 0.25) is 0 Å². The molecule has 92 valence electrons. The number of hydrogen-bond acceptors (Lipinski definition) is 2. The summed E-state index contributed by atoms with van der Waals surface area (Å²) in [6, 6.07) is 5.54. The Bertz CT molecular complexity index is 388. The number of halogens is 1. The van der Waals surface area contributed by atoms with E-state index in [9.17, 15) is 4.79 Å². The number of carbonyl (C=O) groups excluding carboxylic acids is 1. The summed E-state index contributed by atoms with van der Waals surface area (Å²) in [6.07, 6.45) is 2.60. The molecule has 2 nitrogen and oxygen atoms in total. The Labute approximate surface area is 107 Å². The van der Waals surface area contributed by atoms with E-state index in [2.05, 4.69) is 0 Å². The molecule has 0 unspecified atom stereocenters. The van der Waals surface area contributed by atoms with Crippen molar-refractivity contribution in [3.63, 3.8) is 0 Å². The summed E-state index contributed by atoms with van der Waals surface area (Å²) < 4.78 is 5.29. The first-order valence-electron chi connectivity index (χ1n) is 6.03. The zero-order valence-electron chi connectivity index (χ0n) is 10.0. The van der Waals surface area contributed by atoms with Gasteiger partial charge in [0.05, 0.1) is 0 Å². The summed E-state index contributed by atoms with van der Waals surface area (Å²) in [4.78, 5) is 12.1. The zero-order valence-corrected chi connectivity index (χ0v) is 10.8. The fraction of sp³-hybridized carbons (Fsp3) is 0.500. The molecular weight excluding hydrogens is 236 g/mol. The van der Waals surface area contributed by atoms with Crippen LogP contribution in [0.2, 0.25) is 5.02 Å². The van der Waals surface area contributed by atoms with Crippen molar-refractivity contribution in [2.24, 2.45) is 5.92 Å². The van der Waals surface area contributed by atoms with Gasteiger partial charge >= 0.3 is 0 Å². The first kappa shape index (κ1) is 12.6. The highest BCUT2D eigenvalue weighted by atomic mass is 35.5. The molecule has 0 spiro atoms. The van der Waals surface area contributed by atoms with Gasteiger partial charge in [-0.25, -0.2) is 0 Å². The van der Waals surface area contributed by atoms with Crippen LogP contribution in [-0.2, 0) is 4.74 Å². The summed E-state index contributed by atoms with van der Waals surface area (Å²) in [6.45, 7) is 3.52. The molecule has 0 aromatic heterocycles. The number of hydrogen-bond donors (Lipinski definition) is 0. The van der Waals surface area contributed by atoms with Gasteiger partial charge in [-0.05, 0) is 49.4 Å².